The third kappa shape index (κ3) is 5.16. The van der Waals surface area contributed by atoms with E-state index in [1.54, 1.807) is 19.4 Å². The summed E-state index contributed by atoms with van der Waals surface area (Å²) in [7, 11) is 1.64. The molecule has 0 fully saturated rings. The molecule has 1 aromatic heterocycles. The molecule has 0 saturated heterocycles. The summed E-state index contributed by atoms with van der Waals surface area (Å²) >= 11 is 0. The van der Waals surface area contributed by atoms with E-state index in [4.69, 9.17) is 13.9 Å². The molecule has 5 heteroatoms. The molecule has 1 N–H and O–H groups in total. The van der Waals surface area contributed by atoms with Crippen molar-refractivity contribution in [1.82, 2.24) is 5.32 Å². The molecule has 0 atom stereocenters. The molecule has 0 spiro atoms. The summed E-state index contributed by atoms with van der Waals surface area (Å²) in [6.07, 6.45) is 4.36. The lowest BCUT2D eigenvalue weighted by Crippen LogP contribution is -2.23. The van der Waals surface area contributed by atoms with Crippen LogP contribution in [0.15, 0.2) is 47.1 Å². The normalized spacial score (nSPS) is 11.8. The molecular weight excluding hydrogens is 402 g/mol. The van der Waals surface area contributed by atoms with E-state index in [0.29, 0.717) is 24.8 Å². The zero-order chi connectivity index (χ0) is 23.3. The Morgan fingerprint density at radius 1 is 1.22 bits per heavy atom. The lowest BCUT2D eigenvalue weighted by molar-refractivity contribution is -0.116. The highest BCUT2D eigenvalue weighted by Crippen LogP contribution is 2.40. The van der Waals surface area contributed by atoms with Gasteiger partial charge in [0.1, 0.15) is 17.1 Å². The van der Waals surface area contributed by atoms with Crippen molar-refractivity contribution in [2.24, 2.45) is 5.92 Å². The van der Waals surface area contributed by atoms with Crippen LogP contribution in [0.3, 0.4) is 0 Å². The van der Waals surface area contributed by atoms with Gasteiger partial charge in [-0.1, -0.05) is 26.0 Å². The molecule has 1 heterocycles. The fourth-order valence-electron chi connectivity index (χ4n) is 3.80. The van der Waals surface area contributed by atoms with Crippen molar-refractivity contribution in [2.75, 3.05) is 20.3 Å². The van der Waals surface area contributed by atoms with E-state index in [0.717, 1.165) is 51.0 Å². The summed E-state index contributed by atoms with van der Waals surface area (Å²) in [5, 5.41) is 3.95. The number of allylic oxidation sites excluding steroid dienone is 1. The van der Waals surface area contributed by atoms with Crippen LogP contribution in [-0.2, 0) is 4.79 Å². The van der Waals surface area contributed by atoms with Crippen molar-refractivity contribution in [2.45, 2.75) is 41.0 Å². The molecule has 3 aromatic rings. The monoisotopic (exact) mass is 435 g/mol. The fourth-order valence-corrected chi connectivity index (χ4v) is 3.80. The minimum atomic E-state index is -0.0955. The standard InChI is InChI=1S/C27H33NO4/c1-7-31-21-10-8-20(9-11-21)24-16-32-27-19(5)26(30-6)22(15-23(24)27)18(4)14-25(29)28-13-12-17(2)3/h8-11,14-17H,7,12-13H2,1-6H3,(H,28,29)/b18-14+. The predicted molar refractivity (Wildman–Crippen MR) is 130 cm³/mol. The van der Waals surface area contributed by atoms with Gasteiger partial charge in [0.2, 0.25) is 5.91 Å². The number of ether oxygens (including phenoxy) is 2. The highest BCUT2D eigenvalue weighted by Gasteiger charge is 2.19. The predicted octanol–water partition coefficient (Wildman–Crippen LogP) is 6.38. The lowest BCUT2D eigenvalue weighted by Gasteiger charge is -2.13. The van der Waals surface area contributed by atoms with Crippen LogP contribution in [-0.4, -0.2) is 26.2 Å². The first-order valence-electron chi connectivity index (χ1n) is 11.1. The van der Waals surface area contributed by atoms with Gasteiger partial charge in [-0.2, -0.15) is 0 Å². The number of methoxy groups -OCH3 is 1. The van der Waals surface area contributed by atoms with Crippen LogP contribution in [0, 0.1) is 12.8 Å². The Hall–Kier alpha value is -3.21. The second-order valence-corrected chi connectivity index (χ2v) is 8.37. The molecular formula is C27H33NO4. The van der Waals surface area contributed by atoms with Gasteiger partial charge in [0, 0.05) is 34.7 Å². The van der Waals surface area contributed by atoms with E-state index in [1.807, 2.05) is 51.1 Å². The number of hydrogen-bond donors (Lipinski definition) is 1. The Bertz CT molecular complexity index is 1110. The van der Waals surface area contributed by atoms with Crippen molar-refractivity contribution in [3.8, 4) is 22.6 Å². The molecule has 0 radical (unpaired) electrons. The molecule has 0 aliphatic heterocycles. The fraction of sp³-hybridized carbons (Fsp3) is 0.370. The number of rotatable bonds is 9. The number of hydrogen-bond acceptors (Lipinski definition) is 4. The van der Waals surface area contributed by atoms with Gasteiger partial charge in [-0.05, 0) is 62.4 Å². The number of benzene rings is 2. The van der Waals surface area contributed by atoms with Crippen molar-refractivity contribution < 1.29 is 18.7 Å². The Morgan fingerprint density at radius 2 is 1.94 bits per heavy atom. The first-order valence-corrected chi connectivity index (χ1v) is 11.1. The van der Waals surface area contributed by atoms with Gasteiger partial charge in [0.05, 0.1) is 20.0 Å². The number of furan rings is 1. The molecule has 32 heavy (non-hydrogen) atoms. The van der Waals surface area contributed by atoms with E-state index in [2.05, 4.69) is 19.2 Å². The number of nitrogens with one attached hydrogen (secondary N) is 1. The van der Waals surface area contributed by atoms with Crippen molar-refractivity contribution >= 4 is 22.4 Å². The van der Waals surface area contributed by atoms with Crippen LogP contribution < -0.4 is 14.8 Å². The maximum absolute atomic E-state index is 12.4. The SMILES string of the molecule is CCOc1ccc(-c2coc3c(C)c(OC)c(/C(C)=C/C(=O)NCCC(C)C)cc23)cc1. The highest BCUT2D eigenvalue weighted by molar-refractivity contribution is 6.01. The second-order valence-electron chi connectivity index (χ2n) is 8.37. The minimum absolute atomic E-state index is 0.0955. The number of fused-ring (bicyclic) bond motifs is 1. The van der Waals surface area contributed by atoms with Gasteiger partial charge in [-0.3, -0.25) is 4.79 Å². The third-order valence-electron chi connectivity index (χ3n) is 5.52. The van der Waals surface area contributed by atoms with Crippen LogP contribution in [0.2, 0.25) is 0 Å². The zero-order valence-corrected chi connectivity index (χ0v) is 19.9. The Kier molecular flexibility index (Phi) is 7.62. The van der Waals surface area contributed by atoms with E-state index in [-0.39, 0.29) is 5.91 Å². The molecule has 0 aliphatic carbocycles. The van der Waals surface area contributed by atoms with E-state index < -0.39 is 0 Å². The van der Waals surface area contributed by atoms with E-state index in [9.17, 15) is 4.79 Å². The number of carbonyl (C=O) groups excluding carboxylic acids is 1. The Balaban J connectivity index is 2.00. The Labute approximate surface area is 190 Å². The van der Waals surface area contributed by atoms with E-state index in [1.165, 1.54) is 0 Å². The average Bonchev–Trinajstić information content (AvgIpc) is 3.18. The first-order chi connectivity index (χ1) is 15.3. The zero-order valence-electron chi connectivity index (χ0n) is 19.9. The van der Waals surface area contributed by atoms with Gasteiger partial charge in [0.25, 0.3) is 0 Å². The molecule has 5 nitrogen and oxygen atoms in total. The number of aryl methyl sites for hydroxylation is 1. The van der Waals surface area contributed by atoms with Gasteiger partial charge < -0.3 is 19.2 Å². The molecule has 3 rings (SSSR count). The van der Waals surface area contributed by atoms with E-state index >= 15 is 0 Å². The van der Waals surface area contributed by atoms with Crippen molar-refractivity contribution in [3.63, 3.8) is 0 Å². The van der Waals surface area contributed by atoms with Gasteiger partial charge >= 0.3 is 0 Å². The molecule has 0 saturated carbocycles. The Morgan fingerprint density at radius 3 is 2.56 bits per heavy atom. The highest BCUT2D eigenvalue weighted by atomic mass is 16.5. The molecule has 0 unspecified atom stereocenters. The van der Waals surface area contributed by atoms with Gasteiger partial charge in [-0.25, -0.2) is 0 Å². The van der Waals surface area contributed by atoms with Gasteiger partial charge in [-0.15, -0.1) is 0 Å². The smallest absolute Gasteiger partial charge is 0.244 e. The summed E-state index contributed by atoms with van der Waals surface area (Å²) in [6.45, 7) is 11.5. The molecule has 0 bridgehead atoms. The molecule has 2 aromatic carbocycles. The van der Waals surface area contributed by atoms with Crippen LogP contribution >= 0.6 is 0 Å². The average molecular weight is 436 g/mol. The quantitative estimate of drug-likeness (QED) is 0.396. The van der Waals surface area contributed by atoms with Crippen LogP contribution in [0.5, 0.6) is 11.5 Å². The minimum Gasteiger partial charge on any atom is -0.496 e. The molecule has 0 aliphatic rings. The summed E-state index contributed by atoms with van der Waals surface area (Å²) < 4.78 is 17.2. The first kappa shape index (κ1) is 23.5. The molecule has 1 amide bonds. The summed E-state index contributed by atoms with van der Waals surface area (Å²) in [5.74, 6) is 2.01. The van der Waals surface area contributed by atoms with Crippen LogP contribution in [0.25, 0.3) is 27.7 Å². The number of carbonyl (C=O) groups is 1. The second kappa shape index (κ2) is 10.4. The maximum Gasteiger partial charge on any atom is 0.244 e. The summed E-state index contributed by atoms with van der Waals surface area (Å²) in [5.41, 5.74) is 5.44. The maximum atomic E-state index is 12.4. The van der Waals surface area contributed by atoms with Crippen LogP contribution in [0.1, 0.15) is 45.2 Å². The molecule has 170 valence electrons. The topological polar surface area (TPSA) is 60.7 Å². The van der Waals surface area contributed by atoms with Crippen molar-refractivity contribution in [3.05, 3.63) is 53.8 Å². The number of amides is 1. The van der Waals surface area contributed by atoms with Crippen LogP contribution in [0.4, 0.5) is 0 Å². The summed E-state index contributed by atoms with van der Waals surface area (Å²) in [4.78, 5) is 12.4. The van der Waals surface area contributed by atoms with Crippen molar-refractivity contribution in [1.29, 1.82) is 0 Å². The lowest BCUT2D eigenvalue weighted by atomic mass is 9.96. The largest absolute Gasteiger partial charge is 0.496 e. The third-order valence-corrected chi connectivity index (χ3v) is 5.52. The summed E-state index contributed by atoms with van der Waals surface area (Å²) in [6, 6.07) is 10.0. The van der Waals surface area contributed by atoms with Gasteiger partial charge in [0.15, 0.2) is 0 Å².